The maximum atomic E-state index is 13.7. The predicted molar refractivity (Wildman–Crippen MR) is 172 cm³/mol. The fourth-order valence-electron chi connectivity index (χ4n) is 10.3. The highest BCUT2D eigenvalue weighted by molar-refractivity contribution is 5.85. The zero-order chi connectivity index (χ0) is 30.1. The van der Waals surface area contributed by atoms with Crippen LogP contribution in [0.3, 0.4) is 0 Å². The van der Waals surface area contributed by atoms with E-state index in [1.165, 1.54) is 56.9 Å². The van der Waals surface area contributed by atoms with E-state index in [4.69, 9.17) is 9.47 Å². The minimum atomic E-state index is -1.39. The van der Waals surface area contributed by atoms with Crippen molar-refractivity contribution in [3.8, 4) is 11.8 Å². The lowest BCUT2D eigenvalue weighted by Crippen LogP contribution is -2.51. The van der Waals surface area contributed by atoms with E-state index in [1.54, 1.807) is 14.0 Å². The quantitative estimate of drug-likeness (QED) is 0.168. The van der Waals surface area contributed by atoms with Gasteiger partial charge < -0.3 is 9.47 Å². The number of allylic oxidation sites excluding steroid dienone is 1. The summed E-state index contributed by atoms with van der Waals surface area (Å²) >= 11 is 0. The monoisotopic (exact) mass is 572 g/mol. The molecule has 3 fully saturated rings. The summed E-state index contributed by atoms with van der Waals surface area (Å²) in [7, 11) is 1.55. The van der Waals surface area contributed by atoms with E-state index in [9.17, 15) is 4.79 Å². The van der Waals surface area contributed by atoms with E-state index in [2.05, 4.69) is 52.5 Å². The normalized spacial score (nSPS) is 35.9. The van der Waals surface area contributed by atoms with Gasteiger partial charge in [-0.2, -0.15) is 0 Å². The summed E-state index contributed by atoms with van der Waals surface area (Å²) in [6.45, 7) is 14.3. The predicted octanol–water partition coefficient (Wildman–Crippen LogP) is 9.50. The van der Waals surface area contributed by atoms with Crippen LogP contribution in [0.1, 0.15) is 118 Å². The van der Waals surface area contributed by atoms with Crippen LogP contribution in [0.25, 0.3) is 0 Å². The van der Waals surface area contributed by atoms with E-state index in [-0.39, 0.29) is 17.5 Å². The van der Waals surface area contributed by atoms with E-state index < -0.39 is 5.60 Å². The molecule has 0 spiro atoms. The molecule has 0 aromatic heterocycles. The molecular formula is C39H56O3. The van der Waals surface area contributed by atoms with Gasteiger partial charge in [-0.25, -0.2) is 4.79 Å². The first-order valence-corrected chi connectivity index (χ1v) is 17.0. The lowest BCUT2D eigenvalue weighted by molar-refractivity contribution is -0.171. The van der Waals surface area contributed by atoms with Crippen LogP contribution < -0.4 is 0 Å². The molecule has 0 amide bonds. The Kier molecular flexibility index (Phi) is 9.35. The van der Waals surface area contributed by atoms with Crippen LogP contribution in [-0.2, 0) is 19.9 Å². The van der Waals surface area contributed by atoms with Crippen LogP contribution in [0.15, 0.2) is 42.0 Å². The minimum absolute atomic E-state index is 0.123. The molecule has 5 rings (SSSR count). The van der Waals surface area contributed by atoms with Crippen molar-refractivity contribution in [1.29, 1.82) is 0 Å². The molecule has 42 heavy (non-hydrogen) atoms. The van der Waals surface area contributed by atoms with Crippen molar-refractivity contribution in [1.82, 2.24) is 0 Å². The molecule has 3 saturated carbocycles. The molecule has 9 atom stereocenters. The maximum Gasteiger partial charge on any atom is 0.356 e. The van der Waals surface area contributed by atoms with Gasteiger partial charge in [0.25, 0.3) is 5.60 Å². The number of methoxy groups -OCH3 is 1. The molecule has 4 aliphatic rings. The van der Waals surface area contributed by atoms with Gasteiger partial charge in [0.2, 0.25) is 0 Å². The van der Waals surface area contributed by atoms with Gasteiger partial charge in [0.05, 0.1) is 0 Å². The number of carbonyl (C=O) groups is 1. The summed E-state index contributed by atoms with van der Waals surface area (Å²) < 4.78 is 12.1. The Morgan fingerprint density at radius 2 is 1.79 bits per heavy atom. The van der Waals surface area contributed by atoms with E-state index in [0.29, 0.717) is 5.41 Å². The van der Waals surface area contributed by atoms with Crippen molar-refractivity contribution < 1.29 is 14.3 Å². The highest BCUT2D eigenvalue weighted by Crippen LogP contribution is 2.67. The first-order chi connectivity index (χ1) is 20.1. The second-order valence-corrected chi connectivity index (χ2v) is 15.2. The molecule has 3 heteroatoms. The van der Waals surface area contributed by atoms with Crippen molar-refractivity contribution >= 4 is 5.97 Å². The molecule has 0 aliphatic heterocycles. The van der Waals surface area contributed by atoms with Gasteiger partial charge >= 0.3 is 5.97 Å². The molecule has 4 aliphatic carbocycles. The van der Waals surface area contributed by atoms with Crippen molar-refractivity contribution in [3.63, 3.8) is 0 Å². The minimum Gasteiger partial charge on any atom is -0.459 e. The van der Waals surface area contributed by atoms with E-state index >= 15 is 0 Å². The Bertz CT molecular complexity index is 1190. The standard InChI is InChI=1S/C39H56O3/c1-8-23-39(41-7,29-15-10-9-11-16-29)36(40)42-31-21-24-37(5)30(26-31)17-18-32-34-20-19-33(28(4)14-12-13-27(2)3)38(34,6)25-22-35(32)37/h9-11,15-17,27-28,31-35H,12-14,18-22,24-26H2,1-7H3/t28-,31+,32+,33-,34+,35+,37+,38-,39-/m1/s1. The van der Waals surface area contributed by atoms with Gasteiger partial charge in [0.1, 0.15) is 6.10 Å². The molecule has 0 bridgehead atoms. The Hall–Kier alpha value is -2.05. The molecule has 0 unspecified atom stereocenters. The Morgan fingerprint density at radius 3 is 2.48 bits per heavy atom. The summed E-state index contributed by atoms with van der Waals surface area (Å²) in [5.41, 5.74) is 1.61. The topological polar surface area (TPSA) is 35.5 Å². The van der Waals surface area contributed by atoms with Crippen molar-refractivity contribution in [2.75, 3.05) is 7.11 Å². The molecule has 0 saturated heterocycles. The maximum absolute atomic E-state index is 13.7. The largest absolute Gasteiger partial charge is 0.459 e. The molecule has 1 aromatic carbocycles. The van der Waals surface area contributed by atoms with E-state index in [1.807, 2.05) is 30.3 Å². The first-order valence-electron chi connectivity index (χ1n) is 17.0. The van der Waals surface area contributed by atoms with Crippen molar-refractivity contribution in [2.24, 2.45) is 46.3 Å². The van der Waals surface area contributed by atoms with E-state index in [0.717, 1.165) is 60.3 Å². The average Bonchev–Trinajstić information content (AvgIpc) is 3.33. The second-order valence-electron chi connectivity index (χ2n) is 15.2. The van der Waals surface area contributed by atoms with Crippen LogP contribution in [-0.4, -0.2) is 19.2 Å². The van der Waals surface area contributed by atoms with Crippen LogP contribution in [0.4, 0.5) is 0 Å². The summed E-state index contributed by atoms with van der Waals surface area (Å²) in [6.07, 6.45) is 16.3. The van der Waals surface area contributed by atoms with Crippen LogP contribution >= 0.6 is 0 Å². The van der Waals surface area contributed by atoms with Gasteiger partial charge in [-0.1, -0.05) is 102 Å². The third kappa shape index (κ3) is 5.51. The number of hydrogen-bond donors (Lipinski definition) is 0. The zero-order valence-corrected chi connectivity index (χ0v) is 27.5. The number of hydrogen-bond acceptors (Lipinski definition) is 3. The first kappa shape index (κ1) is 31.4. The number of ether oxygens (including phenoxy) is 2. The highest BCUT2D eigenvalue weighted by Gasteiger charge is 2.59. The fourth-order valence-corrected chi connectivity index (χ4v) is 10.3. The Labute approximate surface area is 256 Å². The molecular weight excluding hydrogens is 516 g/mol. The van der Waals surface area contributed by atoms with Crippen LogP contribution in [0.2, 0.25) is 0 Å². The fraction of sp³-hybridized carbons (Fsp3) is 0.718. The third-order valence-corrected chi connectivity index (χ3v) is 12.6. The van der Waals surface area contributed by atoms with Gasteiger partial charge in [-0.15, -0.1) is 5.92 Å². The van der Waals surface area contributed by atoms with Gasteiger partial charge in [0, 0.05) is 19.1 Å². The van der Waals surface area contributed by atoms with Gasteiger partial charge in [-0.05, 0) is 98.2 Å². The van der Waals surface area contributed by atoms with Crippen LogP contribution in [0, 0.1) is 58.2 Å². The Balaban J connectivity index is 1.28. The molecule has 0 radical (unpaired) electrons. The summed E-state index contributed by atoms with van der Waals surface area (Å²) in [5.74, 6) is 10.6. The molecule has 230 valence electrons. The zero-order valence-electron chi connectivity index (χ0n) is 27.5. The summed E-state index contributed by atoms with van der Waals surface area (Å²) in [4.78, 5) is 13.7. The number of esters is 1. The second kappa shape index (κ2) is 12.5. The van der Waals surface area contributed by atoms with Crippen molar-refractivity contribution in [2.45, 2.75) is 124 Å². The number of benzene rings is 1. The molecule has 0 N–H and O–H groups in total. The molecule has 1 aromatic rings. The van der Waals surface area contributed by atoms with Crippen LogP contribution in [0.5, 0.6) is 0 Å². The summed E-state index contributed by atoms with van der Waals surface area (Å²) in [5, 5.41) is 0. The highest BCUT2D eigenvalue weighted by atomic mass is 16.6. The number of carbonyl (C=O) groups excluding carboxylic acids is 1. The number of rotatable bonds is 9. The Morgan fingerprint density at radius 1 is 1.02 bits per heavy atom. The summed E-state index contributed by atoms with van der Waals surface area (Å²) in [6, 6.07) is 9.56. The average molecular weight is 573 g/mol. The SMILES string of the molecule is CC#C[C@](OC)(C(=O)O[C@H]1CC[C@@]2(C)C(=CC[C@H]3[C@@H]4CC[C@H]([C@H](C)CCCC(C)C)[C@@]4(C)CC[C@@H]32)C1)c1ccccc1. The third-order valence-electron chi connectivity index (χ3n) is 12.6. The van der Waals surface area contributed by atoms with Gasteiger partial charge in [0.15, 0.2) is 0 Å². The molecule has 3 nitrogen and oxygen atoms in total. The molecule has 0 heterocycles. The van der Waals surface area contributed by atoms with Crippen molar-refractivity contribution in [3.05, 3.63) is 47.5 Å². The smallest absolute Gasteiger partial charge is 0.356 e. The number of fused-ring (bicyclic) bond motifs is 5. The lowest BCUT2D eigenvalue weighted by Gasteiger charge is -2.58. The van der Waals surface area contributed by atoms with Gasteiger partial charge in [-0.3, -0.25) is 0 Å². The lowest BCUT2D eigenvalue weighted by atomic mass is 9.47.